The summed E-state index contributed by atoms with van der Waals surface area (Å²) in [6, 6.07) is 16.4. The molecule has 3 aromatic carbocycles. The van der Waals surface area contributed by atoms with Crippen LogP contribution in [0.3, 0.4) is 0 Å². The first kappa shape index (κ1) is 24.5. The van der Waals surface area contributed by atoms with E-state index in [4.69, 9.17) is 10.5 Å². The van der Waals surface area contributed by atoms with Crippen molar-refractivity contribution in [3.63, 3.8) is 0 Å². The molecule has 5 aromatic rings. The molecule has 2 heterocycles. The van der Waals surface area contributed by atoms with Gasteiger partial charge in [0.2, 0.25) is 0 Å². The van der Waals surface area contributed by atoms with Crippen LogP contribution in [0.25, 0.3) is 22.0 Å². The van der Waals surface area contributed by atoms with Crippen LogP contribution in [0, 0.1) is 18.6 Å². The lowest BCUT2D eigenvalue weighted by molar-refractivity contribution is 0.439. The fourth-order valence-corrected chi connectivity index (χ4v) is 4.99. The maximum atomic E-state index is 14.5. The number of aryl methyl sites for hydroxylation is 2. The smallest absolute Gasteiger partial charge is 0.275 e. The lowest BCUT2D eigenvalue weighted by Crippen LogP contribution is -2.18. The Labute approximate surface area is 216 Å². The van der Waals surface area contributed by atoms with Gasteiger partial charge in [0.25, 0.3) is 5.56 Å². The van der Waals surface area contributed by atoms with E-state index in [1.807, 2.05) is 47.4 Å². The summed E-state index contributed by atoms with van der Waals surface area (Å²) in [5.41, 5.74) is 10.0. The molecule has 0 saturated carbocycles. The fraction of sp³-hybridized carbons (Fsp3) is 0.107. The standard InChI is InChI=1S/C28H24F2N4O2S/c1-16-4-7-18(8-5-16)37-34-11-10-19-21(15-33(3)28(35)27(19)34)20-13-23(31)24(32-2)14-26(20)36-25-9-6-17(29)12-22(25)30/h4-15,32H,31H2,1-3H3. The minimum atomic E-state index is -0.833. The maximum Gasteiger partial charge on any atom is 0.275 e. The van der Waals surface area contributed by atoms with Gasteiger partial charge in [-0.25, -0.2) is 8.78 Å². The van der Waals surface area contributed by atoms with Crippen molar-refractivity contribution in [2.75, 3.05) is 18.1 Å². The van der Waals surface area contributed by atoms with E-state index in [1.165, 1.54) is 22.6 Å². The number of ether oxygens (including phenoxy) is 1. The molecule has 0 saturated heterocycles. The molecule has 0 atom stereocenters. The number of nitrogen functional groups attached to an aromatic ring is 1. The lowest BCUT2D eigenvalue weighted by atomic mass is 10.0. The van der Waals surface area contributed by atoms with E-state index in [9.17, 15) is 13.6 Å². The number of fused-ring (bicyclic) bond motifs is 1. The van der Waals surface area contributed by atoms with Crippen molar-refractivity contribution in [1.29, 1.82) is 0 Å². The predicted octanol–water partition coefficient (Wildman–Crippen LogP) is 6.57. The van der Waals surface area contributed by atoms with Crippen LogP contribution in [0.2, 0.25) is 0 Å². The SMILES string of the molecule is CNc1cc(Oc2ccc(F)cc2F)c(-c2cn(C)c(=O)c3c2ccn3Sc2ccc(C)cc2)cc1N. The van der Waals surface area contributed by atoms with E-state index >= 15 is 0 Å². The summed E-state index contributed by atoms with van der Waals surface area (Å²) in [5, 5.41) is 3.68. The molecule has 0 aliphatic heterocycles. The van der Waals surface area contributed by atoms with Gasteiger partial charge in [-0.15, -0.1) is 0 Å². The van der Waals surface area contributed by atoms with Crippen LogP contribution in [0.4, 0.5) is 20.2 Å². The Bertz CT molecular complexity index is 1690. The number of nitrogens with one attached hydrogen (secondary N) is 1. The Hall–Kier alpha value is -4.24. The summed E-state index contributed by atoms with van der Waals surface area (Å²) in [5.74, 6) is -1.38. The number of nitrogens with two attached hydrogens (primary N) is 1. The second-order valence-corrected chi connectivity index (χ2v) is 9.68. The van der Waals surface area contributed by atoms with Crippen LogP contribution in [-0.4, -0.2) is 15.6 Å². The Morgan fingerprint density at radius 1 is 0.973 bits per heavy atom. The normalized spacial score (nSPS) is 11.2. The van der Waals surface area contributed by atoms with Gasteiger partial charge in [0.05, 0.1) is 11.4 Å². The third-order valence-electron chi connectivity index (χ3n) is 6.04. The highest BCUT2D eigenvalue weighted by Gasteiger charge is 2.20. The number of hydrogen-bond donors (Lipinski definition) is 2. The maximum absolute atomic E-state index is 14.5. The first-order valence-electron chi connectivity index (χ1n) is 11.5. The zero-order valence-corrected chi connectivity index (χ0v) is 21.2. The summed E-state index contributed by atoms with van der Waals surface area (Å²) < 4.78 is 37.2. The molecule has 0 aliphatic rings. The zero-order chi connectivity index (χ0) is 26.3. The van der Waals surface area contributed by atoms with E-state index in [-0.39, 0.29) is 11.3 Å². The van der Waals surface area contributed by atoms with Gasteiger partial charge in [-0.1, -0.05) is 17.7 Å². The van der Waals surface area contributed by atoms with Crippen LogP contribution in [-0.2, 0) is 7.05 Å². The highest BCUT2D eigenvalue weighted by atomic mass is 32.2. The van der Waals surface area contributed by atoms with Gasteiger partial charge < -0.3 is 20.4 Å². The number of hydrogen-bond acceptors (Lipinski definition) is 5. The Morgan fingerprint density at radius 2 is 1.73 bits per heavy atom. The number of anilines is 2. The molecule has 0 aliphatic carbocycles. The molecule has 5 rings (SSSR count). The average molecular weight is 519 g/mol. The van der Waals surface area contributed by atoms with E-state index in [0.717, 1.165) is 22.6 Å². The molecular weight excluding hydrogens is 494 g/mol. The van der Waals surface area contributed by atoms with Crippen LogP contribution in [0.1, 0.15) is 5.56 Å². The minimum Gasteiger partial charge on any atom is -0.454 e. The molecule has 2 aromatic heterocycles. The van der Waals surface area contributed by atoms with Crippen molar-refractivity contribution >= 4 is 34.2 Å². The number of benzene rings is 3. The van der Waals surface area contributed by atoms with Gasteiger partial charge in [0, 0.05) is 60.0 Å². The molecular formula is C28H24F2N4O2S. The molecule has 0 spiro atoms. The van der Waals surface area contributed by atoms with Gasteiger partial charge in [-0.3, -0.25) is 8.77 Å². The second kappa shape index (κ2) is 9.67. The largest absolute Gasteiger partial charge is 0.454 e. The van der Waals surface area contributed by atoms with E-state index in [2.05, 4.69) is 5.32 Å². The topological polar surface area (TPSA) is 74.2 Å². The van der Waals surface area contributed by atoms with Gasteiger partial charge >= 0.3 is 0 Å². The lowest BCUT2D eigenvalue weighted by Gasteiger charge is -2.17. The van der Waals surface area contributed by atoms with Crippen LogP contribution in [0.5, 0.6) is 11.5 Å². The fourth-order valence-electron chi connectivity index (χ4n) is 4.12. The number of rotatable bonds is 6. The molecule has 37 heavy (non-hydrogen) atoms. The highest BCUT2D eigenvalue weighted by Crippen LogP contribution is 2.42. The number of aromatic nitrogens is 2. The minimum absolute atomic E-state index is 0.136. The Morgan fingerprint density at radius 3 is 2.43 bits per heavy atom. The van der Waals surface area contributed by atoms with Gasteiger partial charge in [0.1, 0.15) is 17.1 Å². The van der Waals surface area contributed by atoms with Crippen molar-refractivity contribution in [1.82, 2.24) is 8.54 Å². The van der Waals surface area contributed by atoms with Crippen molar-refractivity contribution in [3.8, 4) is 22.6 Å². The van der Waals surface area contributed by atoms with Crippen molar-refractivity contribution in [3.05, 3.63) is 101 Å². The highest BCUT2D eigenvalue weighted by molar-refractivity contribution is 7.98. The molecule has 0 unspecified atom stereocenters. The molecule has 0 bridgehead atoms. The first-order chi connectivity index (χ1) is 17.7. The van der Waals surface area contributed by atoms with Crippen molar-refractivity contribution < 1.29 is 13.5 Å². The Balaban J connectivity index is 1.69. The monoisotopic (exact) mass is 518 g/mol. The molecule has 3 N–H and O–H groups in total. The summed E-state index contributed by atoms with van der Waals surface area (Å²) in [6.07, 6.45) is 3.54. The van der Waals surface area contributed by atoms with Gasteiger partial charge in [-0.2, -0.15) is 0 Å². The molecule has 0 fully saturated rings. The quantitative estimate of drug-likeness (QED) is 0.249. The Kier molecular flexibility index (Phi) is 6.39. The molecule has 0 amide bonds. The predicted molar refractivity (Wildman–Crippen MR) is 145 cm³/mol. The van der Waals surface area contributed by atoms with Crippen LogP contribution >= 0.6 is 11.9 Å². The number of halogens is 2. The van der Waals surface area contributed by atoms with E-state index < -0.39 is 11.6 Å². The zero-order valence-electron chi connectivity index (χ0n) is 20.4. The van der Waals surface area contributed by atoms with Crippen LogP contribution < -0.4 is 21.3 Å². The third kappa shape index (κ3) is 4.65. The second-order valence-electron chi connectivity index (χ2n) is 8.63. The molecule has 9 heteroatoms. The first-order valence-corrected chi connectivity index (χ1v) is 12.2. The van der Waals surface area contributed by atoms with E-state index in [0.29, 0.717) is 39.2 Å². The summed E-state index contributed by atoms with van der Waals surface area (Å²) in [4.78, 5) is 14.2. The molecule has 6 nitrogen and oxygen atoms in total. The molecule has 0 radical (unpaired) electrons. The summed E-state index contributed by atoms with van der Waals surface area (Å²) >= 11 is 1.43. The van der Waals surface area contributed by atoms with E-state index in [1.54, 1.807) is 32.4 Å². The van der Waals surface area contributed by atoms with Crippen molar-refractivity contribution in [2.45, 2.75) is 11.8 Å². The van der Waals surface area contributed by atoms with Gasteiger partial charge in [-0.05, 0) is 55.3 Å². The average Bonchev–Trinajstić information content (AvgIpc) is 3.29. The number of nitrogens with zero attached hydrogens (tertiary/aromatic N) is 2. The summed E-state index contributed by atoms with van der Waals surface area (Å²) in [7, 11) is 3.38. The summed E-state index contributed by atoms with van der Waals surface area (Å²) in [6.45, 7) is 2.02. The third-order valence-corrected chi connectivity index (χ3v) is 7.02. The van der Waals surface area contributed by atoms with Crippen molar-refractivity contribution in [2.24, 2.45) is 7.05 Å². The number of pyridine rings is 1. The molecule has 188 valence electrons. The van der Waals surface area contributed by atoms with Gasteiger partial charge in [0.15, 0.2) is 11.6 Å². The van der Waals surface area contributed by atoms with Crippen LogP contribution in [0.15, 0.2) is 82.7 Å².